The third kappa shape index (κ3) is 29.7. The van der Waals surface area contributed by atoms with Gasteiger partial charge in [0.1, 0.15) is 18.8 Å². The largest absolute Gasteiger partial charge is 0.481 e. The number of carboxylic acid groups (broad SMARTS) is 1. The number of benzene rings is 1. The Morgan fingerprint density at radius 2 is 0.954 bits per heavy atom. The van der Waals surface area contributed by atoms with Crippen LogP contribution in [0, 0.1) is 5.92 Å². The van der Waals surface area contributed by atoms with Crippen molar-refractivity contribution in [2.75, 3.05) is 162 Å². The first kappa shape index (κ1) is 90.1. The summed E-state index contributed by atoms with van der Waals surface area (Å²) in [6, 6.07) is 5.38. The van der Waals surface area contributed by atoms with Gasteiger partial charge in [0.25, 0.3) is 5.91 Å². The SMILES string of the molecule is CN(CC(N)=O)C(=O)CN(C)C(=O)CN(C)C(=O)CN(C)C(=O)CN(C)C(=O)CN(C)C(=O)CN(C)C(=O)CN(C)C(=O)CN(C)C(=O)C[C@H](NC(=O)CCN1CCc2nc(S(=O)(=O)C(C)(C)C)ncc2C1=O)C(=O)NCC(=O)NCC(=O)N[C@@H](Cc1ccccc1)C(=O)NCC(=O)NCO[C@@H](CC(=O)O)C1CC1. The number of likely N-dealkylation sites (N-methyl/N-ethyl adjacent to an activating group) is 9. The molecule has 0 radical (unpaired) electrons. The molecule has 2 aliphatic rings. The van der Waals surface area contributed by atoms with Crippen LogP contribution in [0.5, 0.6) is 0 Å². The maximum atomic E-state index is 13.9. The summed E-state index contributed by atoms with van der Waals surface area (Å²) in [4.78, 5) is 252. The van der Waals surface area contributed by atoms with Crippen LogP contribution in [-0.4, -0.2) is 364 Å². The molecule has 42 heteroatoms. The summed E-state index contributed by atoms with van der Waals surface area (Å²) in [5.41, 5.74) is 5.87. The summed E-state index contributed by atoms with van der Waals surface area (Å²) in [5.74, 6) is -14.3. The van der Waals surface area contributed by atoms with E-state index in [2.05, 4.69) is 41.9 Å². The number of rotatable bonds is 42. The Labute approximate surface area is 629 Å². The van der Waals surface area contributed by atoms with Crippen molar-refractivity contribution in [3.8, 4) is 0 Å². The van der Waals surface area contributed by atoms with Crippen molar-refractivity contribution in [3.05, 3.63) is 53.3 Å². The molecular weight excluding hydrogens is 1450 g/mol. The second-order valence-corrected chi connectivity index (χ2v) is 30.0. The monoisotopic (exact) mass is 1550 g/mol. The third-order valence-electron chi connectivity index (χ3n) is 17.2. The molecule has 41 nitrogen and oxygen atoms in total. The first-order chi connectivity index (χ1) is 50.9. The number of primary amides is 1. The van der Waals surface area contributed by atoms with Gasteiger partial charge in [0, 0.05) is 102 Å². The maximum Gasteiger partial charge on any atom is 0.305 e. The van der Waals surface area contributed by atoms with Crippen molar-refractivity contribution < 1.29 is 105 Å². The van der Waals surface area contributed by atoms with Gasteiger partial charge >= 0.3 is 5.97 Å². The fourth-order valence-corrected chi connectivity index (χ4v) is 10.9. The number of ether oxygens (including phenoxy) is 1. The third-order valence-corrected chi connectivity index (χ3v) is 19.5. The van der Waals surface area contributed by atoms with Crippen LogP contribution < -0.4 is 37.6 Å². The lowest BCUT2D eigenvalue weighted by Gasteiger charge is -2.28. The molecule has 2 heterocycles. The highest BCUT2D eigenvalue weighted by atomic mass is 32.2. The minimum absolute atomic E-state index is 0.00825. The molecule has 0 bridgehead atoms. The zero-order chi connectivity index (χ0) is 81.9. The normalized spacial score (nSPS) is 13.2. The molecule has 1 fully saturated rings. The summed E-state index contributed by atoms with van der Waals surface area (Å²) in [7, 11) is 7.37. The lowest BCUT2D eigenvalue weighted by molar-refractivity contribution is -0.146. The van der Waals surface area contributed by atoms with Crippen molar-refractivity contribution in [1.82, 2.24) is 90.9 Å². The van der Waals surface area contributed by atoms with Crippen LogP contribution in [0.3, 0.4) is 0 Å². The fraction of sp³-hybridized carbons (Fsp3) is 0.582. The summed E-state index contributed by atoms with van der Waals surface area (Å²) in [6.07, 6.45) is 0.500. The van der Waals surface area contributed by atoms with E-state index in [4.69, 9.17) is 10.5 Å². The van der Waals surface area contributed by atoms with E-state index in [-0.39, 0.29) is 62.8 Å². The molecule has 1 saturated carbocycles. The average Bonchev–Trinajstić information content (AvgIpc) is 1.35. The summed E-state index contributed by atoms with van der Waals surface area (Å²) in [6.45, 7) is -3.15. The molecule has 1 aliphatic carbocycles. The maximum absolute atomic E-state index is 13.9. The number of aromatic nitrogens is 2. The molecular formula is C67H99N19O22S. The highest BCUT2D eigenvalue weighted by Gasteiger charge is 2.38. The number of carbonyl (C=O) groups excluding carboxylic acids is 17. The lowest BCUT2D eigenvalue weighted by atomic mass is 10.1. The minimum Gasteiger partial charge on any atom is -0.481 e. The van der Waals surface area contributed by atoms with Gasteiger partial charge in [-0.25, -0.2) is 18.4 Å². The smallest absolute Gasteiger partial charge is 0.305 e. The van der Waals surface area contributed by atoms with E-state index < -0.39 is 229 Å². The molecule has 1 aromatic carbocycles. The number of hydrogen-bond acceptors (Lipinski definition) is 23. The summed E-state index contributed by atoms with van der Waals surface area (Å²) in [5, 5.41) is 23.1. The minimum atomic E-state index is -3.99. The lowest BCUT2D eigenvalue weighted by Crippen LogP contribution is -2.53. The number of amides is 17. The van der Waals surface area contributed by atoms with Gasteiger partial charge in [-0.05, 0) is 45.1 Å². The van der Waals surface area contributed by atoms with Gasteiger partial charge in [-0.2, -0.15) is 0 Å². The van der Waals surface area contributed by atoms with Crippen LogP contribution >= 0.6 is 0 Å². The molecule has 0 unspecified atom stereocenters. The van der Waals surface area contributed by atoms with Gasteiger partial charge in [-0.1, -0.05) is 30.3 Å². The molecule has 600 valence electrons. The summed E-state index contributed by atoms with van der Waals surface area (Å²) < 4.78 is 30.4. The Hall–Kier alpha value is -11.3. The van der Waals surface area contributed by atoms with Crippen LogP contribution in [-0.2, 0) is 109 Å². The first-order valence-electron chi connectivity index (χ1n) is 34.3. The van der Waals surface area contributed by atoms with Crippen LogP contribution in [0.15, 0.2) is 41.7 Å². The number of nitrogens with zero attached hydrogens (tertiary/aromatic N) is 12. The highest BCUT2D eigenvalue weighted by molar-refractivity contribution is 7.92. The van der Waals surface area contributed by atoms with Crippen molar-refractivity contribution in [2.24, 2.45) is 11.7 Å². The van der Waals surface area contributed by atoms with Crippen molar-refractivity contribution >= 4 is 116 Å². The summed E-state index contributed by atoms with van der Waals surface area (Å²) >= 11 is 0. The number of aliphatic carboxylic acids is 1. The van der Waals surface area contributed by atoms with Crippen molar-refractivity contribution in [2.45, 2.75) is 93.8 Å². The topological polar surface area (TPSA) is 527 Å². The van der Waals surface area contributed by atoms with E-state index in [0.717, 1.165) is 63.1 Å². The molecule has 4 rings (SSSR count). The molecule has 2 aromatic rings. The molecule has 3 atom stereocenters. The molecule has 0 saturated heterocycles. The van der Waals surface area contributed by atoms with E-state index >= 15 is 0 Å². The van der Waals surface area contributed by atoms with E-state index in [1.54, 1.807) is 30.3 Å². The Bertz CT molecular complexity index is 3860. The highest BCUT2D eigenvalue weighted by Crippen LogP contribution is 2.35. The fourth-order valence-electron chi connectivity index (χ4n) is 9.98. The number of fused-ring (bicyclic) bond motifs is 1. The van der Waals surface area contributed by atoms with Crippen LogP contribution in [0.4, 0.5) is 0 Å². The molecule has 109 heavy (non-hydrogen) atoms. The standard InChI is InChI=1S/C67H99N19O22S/c1-67(2,3)109(106,107)66-72-27-43-44(76-66)20-22-86(65(43)105)23-21-49(88)74-46(64(104)70-28-50(89)69-30-52(91)75-45(24-41-16-14-13-15-17-41)63(103)71-29-51(90)73-40-108-47(26-62(101)102)42-18-19-42)25-53(92)78(5)32-55(94)80(7)34-57(96)82(9)36-59(98)84(11)38-61(100)85(12)39-60(99)83(10)37-58(97)81(8)35-56(95)79(6)33-54(93)77(4)31-48(68)87/h13-17,27,42,45-47H,18-26,28-40H2,1-12H3,(H2,68,87)(H,69,89)(H,70,104)(H,71,103)(H,73,90)(H,74,88)(H,75,91)(H,101,102)/t45-,46-,47-/m0/s1. The van der Waals surface area contributed by atoms with E-state index in [1.807, 2.05) is 0 Å². The quantitative estimate of drug-likeness (QED) is 0.0226. The van der Waals surface area contributed by atoms with Crippen molar-refractivity contribution in [1.29, 1.82) is 0 Å². The number of carbonyl (C=O) groups is 18. The second-order valence-electron chi connectivity index (χ2n) is 27.4. The second kappa shape index (κ2) is 41.7. The number of nitrogens with one attached hydrogen (secondary N) is 6. The number of sulfone groups is 1. The zero-order valence-corrected chi connectivity index (χ0v) is 64.0. The Balaban J connectivity index is 1.33. The van der Waals surface area contributed by atoms with E-state index in [9.17, 15) is 99.8 Å². The van der Waals surface area contributed by atoms with E-state index in [0.29, 0.717) is 5.56 Å². The Morgan fingerprint density at radius 3 is 1.38 bits per heavy atom. The zero-order valence-electron chi connectivity index (χ0n) is 63.2. The predicted molar refractivity (Wildman–Crippen MR) is 382 cm³/mol. The molecule has 17 amide bonds. The molecule has 1 aromatic heterocycles. The number of nitrogens with two attached hydrogens (primary N) is 1. The molecule has 1 aliphatic heterocycles. The Kier molecular flexibility index (Phi) is 34.5. The predicted octanol–water partition coefficient (Wildman–Crippen LogP) is -7.66. The van der Waals surface area contributed by atoms with Crippen LogP contribution in [0.2, 0.25) is 0 Å². The van der Waals surface area contributed by atoms with Gasteiger partial charge in [-0.15, -0.1) is 0 Å². The number of carboxylic acids is 1. The van der Waals surface area contributed by atoms with Crippen LogP contribution in [0.25, 0.3) is 0 Å². The Morgan fingerprint density at radius 1 is 0.550 bits per heavy atom. The average molecular weight is 1550 g/mol. The van der Waals surface area contributed by atoms with Crippen LogP contribution in [0.1, 0.15) is 74.5 Å². The first-order valence-corrected chi connectivity index (χ1v) is 35.8. The van der Waals surface area contributed by atoms with Gasteiger partial charge in [0.05, 0.1) is 113 Å². The van der Waals surface area contributed by atoms with Gasteiger partial charge in [0.15, 0.2) is 0 Å². The molecule has 0 spiro atoms. The number of hydrogen-bond donors (Lipinski definition) is 8. The van der Waals surface area contributed by atoms with Gasteiger partial charge in [0.2, 0.25) is 110 Å². The van der Waals surface area contributed by atoms with Crippen molar-refractivity contribution in [3.63, 3.8) is 0 Å². The van der Waals surface area contributed by atoms with Gasteiger partial charge in [-0.3, -0.25) is 86.3 Å². The molecule has 9 N–H and O–H groups in total. The van der Waals surface area contributed by atoms with E-state index in [1.165, 1.54) is 89.1 Å². The van der Waals surface area contributed by atoms with Gasteiger partial charge < -0.3 is 96.5 Å².